The SMILES string of the molecule is COc1cc2c(cc1OC)-c1nnc(-c3cccnc3)n1C1(CCCC1)C2. The van der Waals surface area contributed by atoms with Crippen molar-refractivity contribution >= 4 is 0 Å². The molecule has 1 aromatic carbocycles. The van der Waals surface area contributed by atoms with Gasteiger partial charge < -0.3 is 14.0 Å². The van der Waals surface area contributed by atoms with Crippen LogP contribution in [0.5, 0.6) is 11.5 Å². The number of methoxy groups -OCH3 is 2. The van der Waals surface area contributed by atoms with Gasteiger partial charge in [-0.2, -0.15) is 0 Å². The Morgan fingerprint density at radius 1 is 1.00 bits per heavy atom. The first kappa shape index (κ1) is 16.3. The third-order valence-electron chi connectivity index (χ3n) is 5.96. The maximum atomic E-state index is 5.54. The van der Waals surface area contributed by atoms with E-state index in [-0.39, 0.29) is 5.54 Å². The van der Waals surface area contributed by atoms with Gasteiger partial charge in [0.05, 0.1) is 19.8 Å². The van der Waals surface area contributed by atoms with E-state index in [4.69, 9.17) is 9.47 Å². The van der Waals surface area contributed by atoms with Crippen LogP contribution in [0.3, 0.4) is 0 Å². The molecule has 0 atom stereocenters. The number of hydrogen-bond acceptors (Lipinski definition) is 5. The fourth-order valence-electron chi connectivity index (χ4n) is 4.73. The van der Waals surface area contributed by atoms with Crippen molar-refractivity contribution in [1.82, 2.24) is 19.7 Å². The second-order valence-corrected chi connectivity index (χ2v) is 7.40. The largest absolute Gasteiger partial charge is 0.493 e. The van der Waals surface area contributed by atoms with Crippen LogP contribution < -0.4 is 9.47 Å². The van der Waals surface area contributed by atoms with Crippen LogP contribution in [0.2, 0.25) is 0 Å². The van der Waals surface area contributed by atoms with Crippen LogP contribution in [-0.2, 0) is 12.0 Å². The third kappa shape index (κ3) is 2.36. The van der Waals surface area contributed by atoms with Gasteiger partial charge in [-0.15, -0.1) is 10.2 Å². The zero-order valence-electron chi connectivity index (χ0n) is 15.6. The standard InChI is InChI=1S/C21H22N4O2/c1-26-17-10-15-12-21(7-3-4-8-21)25-19(14-6-5-9-22-13-14)23-24-20(25)16(15)11-18(17)27-2/h5-6,9-11,13H,3-4,7-8,12H2,1-2H3. The molecule has 1 fully saturated rings. The number of ether oxygens (including phenoxy) is 2. The molecule has 0 saturated heterocycles. The van der Waals surface area contributed by atoms with Crippen molar-refractivity contribution in [2.45, 2.75) is 37.6 Å². The predicted octanol–water partition coefficient (Wildman–Crippen LogP) is 3.85. The lowest BCUT2D eigenvalue weighted by molar-refractivity contribution is 0.288. The molecule has 1 spiro atoms. The molecule has 0 amide bonds. The third-order valence-corrected chi connectivity index (χ3v) is 5.96. The molecule has 1 aliphatic carbocycles. The molecule has 6 heteroatoms. The summed E-state index contributed by atoms with van der Waals surface area (Å²) < 4.78 is 13.4. The van der Waals surface area contributed by atoms with E-state index in [9.17, 15) is 0 Å². The summed E-state index contributed by atoms with van der Waals surface area (Å²) in [6, 6.07) is 8.14. The van der Waals surface area contributed by atoms with Gasteiger partial charge in [-0.25, -0.2) is 0 Å². The molecule has 5 rings (SSSR count). The Morgan fingerprint density at radius 3 is 2.44 bits per heavy atom. The fourth-order valence-corrected chi connectivity index (χ4v) is 4.73. The molecule has 6 nitrogen and oxygen atoms in total. The molecule has 2 aliphatic rings. The number of pyridine rings is 1. The molecule has 0 N–H and O–H groups in total. The highest BCUT2D eigenvalue weighted by Gasteiger charge is 2.44. The van der Waals surface area contributed by atoms with Crippen LogP contribution in [0.25, 0.3) is 22.8 Å². The summed E-state index contributed by atoms with van der Waals surface area (Å²) in [5.74, 6) is 3.30. The number of nitrogens with zero attached hydrogens (tertiary/aromatic N) is 4. The van der Waals surface area contributed by atoms with Gasteiger partial charge in [0, 0.05) is 23.5 Å². The van der Waals surface area contributed by atoms with Gasteiger partial charge in [0.15, 0.2) is 23.1 Å². The molecule has 0 bridgehead atoms. The number of aromatic nitrogens is 4. The van der Waals surface area contributed by atoms with Crippen molar-refractivity contribution in [3.8, 4) is 34.3 Å². The molecule has 2 aromatic heterocycles. The topological polar surface area (TPSA) is 62.1 Å². The molecular formula is C21H22N4O2. The average Bonchev–Trinajstić information content (AvgIpc) is 3.36. The summed E-state index contributed by atoms with van der Waals surface area (Å²) in [5, 5.41) is 9.20. The van der Waals surface area contributed by atoms with E-state index in [0.717, 1.165) is 53.5 Å². The van der Waals surface area contributed by atoms with Crippen molar-refractivity contribution in [1.29, 1.82) is 0 Å². The van der Waals surface area contributed by atoms with Gasteiger partial charge in [0.25, 0.3) is 0 Å². The van der Waals surface area contributed by atoms with Gasteiger partial charge in [0.2, 0.25) is 0 Å². The first-order chi connectivity index (χ1) is 13.3. The van der Waals surface area contributed by atoms with E-state index >= 15 is 0 Å². The van der Waals surface area contributed by atoms with Crippen molar-refractivity contribution in [2.24, 2.45) is 0 Å². The number of benzene rings is 1. The molecule has 27 heavy (non-hydrogen) atoms. The molecular weight excluding hydrogens is 340 g/mol. The number of rotatable bonds is 3. The molecule has 0 radical (unpaired) electrons. The van der Waals surface area contributed by atoms with E-state index < -0.39 is 0 Å². The highest BCUT2D eigenvalue weighted by molar-refractivity contribution is 5.71. The van der Waals surface area contributed by atoms with Gasteiger partial charge in [0.1, 0.15) is 0 Å². The van der Waals surface area contributed by atoms with E-state index in [2.05, 4.69) is 31.9 Å². The van der Waals surface area contributed by atoms with Gasteiger partial charge >= 0.3 is 0 Å². The van der Waals surface area contributed by atoms with E-state index in [1.54, 1.807) is 20.4 Å². The van der Waals surface area contributed by atoms with Crippen molar-refractivity contribution in [3.63, 3.8) is 0 Å². The Kier molecular flexibility index (Phi) is 3.67. The van der Waals surface area contributed by atoms with Crippen LogP contribution in [-0.4, -0.2) is 34.0 Å². The maximum Gasteiger partial charge on any atom is 0.166 e. The van der Waals surface area contributed by atoms with Crippen LogP contribution in [0.4, 0.5) is 0 Å². The zero-order chi connectivity index (χ0) is 18.4. The van der Waals surface area contributed by atoms with Gasteiger partial charge in [-0.3, -0.25) is 4.98 Å². The monoisotopic (exact) mass is 362 g/mol. The molecule has 3 aromatic rings. The smallest absolute Gasteiger partial charge is 0.166 e. The summed E-state index contributed by atoms with van der Waals surface area (Å²) >= 11 is 0. The summed E-state index contributed by atoms with van der Waals surface area (Å²) in [6.45, 7) is 0. The Morgan fingerprint density at radius 2 is 1.74 bits per heavy atom. The van der Waals surface area contributed by atoms with Crippen LogP contribution in [0, 0.1) is 0 Å². The lowest BCUT2D eigenvalue weighted by Crippen LogP contribution is -2.37. The second-order valence-electron chi connectivity index (χ2n) is 7.40. The second kappa shape index (κ2) is 6.08. The van der Waals surface area contributed by atoms with Crippen molar-refractivity contribution in [2.75, 3.05) is 14.2 Å². The van der Waals surface area contributed by atoms with Gasteiger partial charge in [-0.1, -0.05) is 12.8 Å². The lowest BCUT2D eigenvalue weighted by Gasteiger charge is -2.38. The minimum Gasteiger partial charge on any atom is -0.493 e. The van der Waals surface area contributed by atoms with Crippen molar-refractivity contribution in [3.05, 3.63) is 42.2 Å². The molecule has 1 aliphatic heterocycles. The Labute approximate surface area is 158 Å². The minimum atomic E-state index is 0.0244. The van der Waals surface area contributed by atoms with Crippen LogP contribution >= 0.6 is 0 Å². The highest BCUT2D eigenvalue weighted by atomic mass is 16.5. The van der Waals surface area contributed by atoms with Crippen molar-refractivity contribution < 1.29 is 9.47 Å². The van der Waals surface area contributed by atoms with E-state index in [0.29, 0.717) is 0 Å². The van der Waals surface area contributed by atoms with Gasteiger partial charge in [-0.05, 0) is 49.1 Å². The molecule has 0 unspecified atom stereocenters. The first-order valence-corrected chi connectivity index (χ1v) is 9.37. The summed E-state index contributed by atoms with van der Waals surface area (Å²) in [7, 11) is 3.35. The Hall–Kier alpha value is -2.89. The molecule has 3 heterocycles. The molecule has 138 valence electrons. The van der Waals surface area contributed by atoms with E-state index in [1.165, 1.54) is 18.4 Å². The number of fused-ring (bicyclic) bond motifs is 4. The normalized spacial score (nSPS) is 16.8. The Balaban J connectivity index is 1.77. The van der Waals surface area contributed by atoms with E-state index in [1.807, 2.05) is 18.3 Å². The zero-order valence-corrected chi connectivity index (χ0v) is 15.6. The van der Waals surface area contributed by atoms with Crippen LogP contribution in [0.15, 0.2) is 36.7 Å². The first-order valence-electron chi connectivity index (χ1n) is 9.37. The summed E-state index contributed by atoms with van der Waals surface area (Å²) in [5.41, 5.74) is 3.36. The summed E-state index contributed by atoms with van der Waals surface area (Å²) in [6.07, 6.45) is 9.34. The lowest BCUT2D eigenvalue weighted by atomic mass is 9.82. The Bertz CT molecular complexity index is 991. The predicted molar refractivity (Wildman–Crippen MR) is 102 cm³/mol. The molecule has 1 saturated carbocycles. The maximum absolute atomic E-state index is 5.54. The fraction of sp³-hybridized carbons (Fsp3) is 0.381. The summed E-state index contributed by atoms with van der Waals surface area (Å²) in [4.78, 5) is 4.28. The number of hydrogen-bond donors (Lipinski definition) is 0. The quantitative estimate of drug-likeness (QED) is 0.708. The minimum absolute atomic E-state index is 0.0244. The average molecular weight is 362 g/mol. The highest BCUT2D eigenvalue weighted by Crippen LogP contribution is 2.50. The van der Waals surface area contributed by atoms with Crippen LogP contribution in [0.1, 0.15) is 31.2 Å².